The number of carbonyl (C=O) groups excluding carboxylic acids is 1. The lowest BCUT2D eigenvalue weighted by Gasteiger charge is -2.20. The molecule has 0 aliphatic rings. The third kappa shape index (κ3) is 3.75. The number of fused-ring (bicyclic) bond motifs is 1. The van der Waals surface area contributed by atoms with E-state index in [1.807, 2.05) is 38.1 Å². The van der Waals surface area contributed by atoms with Gasteiger partial charge in [-0.1, -0.05) is 77.9 Å². The topological polar surface area (TPSA) is 89.3 Å². The van der Waals surface area contributed by atoms with E-state index >= 15 is 0 Å². The molecule has 1 atom stereocenters. The van der Waals surface area contributed by atoms with Crippen molar-refractivity contribution in [1.29, 1.82) is 0 Å². The second-order valence-electron chi connectivity index (χ2n) is 7.49. The number of carboxylic acids is 1. The van der Waals surface area contributed by atoms with Gasteiger partial charge in [0.2, 0.25) is 0 Å². The number of aromatic carboxylic acids is 1. The molecule has 4 rings (SSSR count). The second-order valence-corrected chi connectivity index (χ2v) is 7.49. The monoisotopic (exact) mass is 412 g/mol. The van der Waals surface area contributed by atoms with Crippen LogP contribution in [0.3, 0.4) is 0 Å². The summed E-state index contributed by atoms with van der Waals surface area (Å²) in [6.45, 7) is 3.84. The van der Waals surface area contributed by atoms with Crippen molar-refractivity contribution >= 4 is 22.5 Å². The molecule has 1 N–H and O–H groups in total. The highest BCUT2D eigenvalue weighted by Gasteiger charge is 2.28. The molecule has 0 fully saturated rings. The van der Waals surface area contributed by atoms with Crippen LogP contribution in [0.25, 0.3) is 10.8 Å². The summed E-state index contributed by atoms with van der Waals surface area (Å²) in [6, 6.07) is 19.5. The van der Waals surface area contributed by atoms with Crippen molar-refractivity contribution < 1.29 is 14.7 Å². The third-order valence-corrected chi connectivity index (χ3v) is 5.25. The molecule has 0 bridgehead atoms. The molecule has 6 heteroatoms. The maximum Gasteiger partial charge on any atom is 0.357 e. The molecule has 0 saturated carbocycles. The van der Waals surface area contributed by atoms with Crippen LogP contribution in [-0.2, 0) is 0 Å². The first-order valence-corrected chi connectivity index (χ1v) is 9.79. The third-order valence-electron chi connectivity index (χ3n) is 5.25. The molecule has 0 aliphatic carbocycles. The number of carboxylic acid groups (broad SMARTS) is 1. The fourth-order valence-corrected chi connectivity index (χ4v) is 3.57. The Bertz CT molecular complexity index is 1350. The zero-order valence-corrected chi connectivity index (χ0v) is 17.1. The van der Waals surface area contributed by atoms with Crippen molar-refractivity contribution in [3.63, 3.8) is 0 Å². The molecule has 0 aliphatic heterocycles. The van der Waals surface area contributed by atoms with E-state index in [9.17, 15) is 19.5 Å². The lowest BCUT2D eigenvalue weighted by molar-refractivity contribution is 0.0687. The van der Waals surface area contributed by atoms with Crippen LogP contribution >= 0.6 is 0 Å². The van der Waals surface area contributed by atoms with Crippen molar-refractivity contribution in [3.8, 4) is 0 Å². The van der Waals surface area contributed by atoms with Crippen LogP contribution in [-0.4, -0.2) is 26.6 Å². The van der Waals surface area contributed by atoms with Crippen LogP contribution < -0.4 is 5.56 Å². The summed E-state index contributed by atoms with van der Waals surface area (Å²) >= 11 is 0. The lowest BCUT2D eigenvalue weighted by atomic mass is 9.96. The first-order chi connectivity index (χ1) is 14.9. The zero-order valence-electron chi connectivity index (χ0n) is 17.1. The van der Waals surface area contributed by atoms with Gasteiger partial charge in [-0.2, -0.15) is 5.10 Å². The number of aromatic nitrogens is 2. The molecule has 154 valence electrons. The molecule has 0 amide bonds. The second kappa shape index (κ2) is 7.99. The van der Waals surface area contributed by atoms with E-state index in [1.165, 1.54) is 0 Å². The Morgan fingerprint density at radius 3 is 1.97 bits per heavy atom. The lowest BCUT2D eigenvalue weighted by Crippen LogP contribution is -2.34. The Labute approximate surface area is 178 Å². The molecule has 1 heterocycles. The highest BCUT2D eigenvalue weighted by Crippen LogP contribution is 2.24. The highest BCUT2D eigenvalue weighted by molar-refractivity contribution is 6.03. The smallest absolute Gasteiger partial charge is 0.357 e. The van der Waals surface area contributed by atoms with Gasteiger partial charge >= 0.3 is 5.97 Å². The van der Waals surface area contributed by atoms with Crippen LogP contribution in [0.15, 0.2) is 77.6 Å². The summed E-state index contributed by atoms with van der Waals surface area (Å²) in [6.07, 6.45) is 0. The Morgan fingerprint density at radius 1 is 0.839 bits per heavy atom. The largest absolute Gasteiger partial charge is 0.476 e. The van der Waals surface area contributed by atoms with Gasteiger partial charge in [0.15, 0.2) is 11.5 Å². The quantitative estimate of drug-likeness (QED) is 0.497. The Kier molecular flexibility index (Phi) is 5.21. The number of rotatable bonds is 5. The molecule has 0 saturated heterocycles. The molecule has 1 aromatic heterocycles. The molecule has 4 aromatic rings. The van der Waals surface area contributed by atoms with Gasteiger partial charge < -0.3 is 5.11 Å². The first-order valence-electron chi connectivity index (χ1n) is 9.79. The van der Waals surface area contributed by atoms with Crippen LogP contribution in [0.2, 0.25) is 0 Å². The van der Waals surface area contributed by atoms with E-state index in [2.05, 4.69) is 5.10 Å². The molecule has 6 nitrogen and oxygen atoms in total. The number of Topliss-reactive ketones (excluding diaryl/α,β-unsaturated/α-hetero) is 1. The fraction of sp³-hybridized carbons (Fsp3) is 0.120. The molecular weight excluding hydrogens is 392 g/mol. The summed E-state index contributed by atoms with van der Waals surface area (Å²) in [7, 11) is 0. The highest BCUT2D eigenvalue weighted by atomic mass is 16.4. The maximum atomic E-state index is 13.6. The first kappa shape index (κ1) is 20.2. The molecule has 3 aromatic carbocycles. The number of ketones is 1. The normalized spacial score (nSPS) is 11.9. The van der Waals surface area contributed by atoms with Gasteiger partial charge in [0.05, 0.1) is 5.39 Å². The van der Waals surface area contributed by atoms with Crippen LogP contribution in [0.4, 0.5) is 0 Å². The molecular formula is C25H20N2O4. The zero-order chi connectivity index (χ0) is 22.1. The average molecular weight is 412 g/mol. The van der Waals surface area contributed by atoms with Crippen molar-refractivity contribution in [2.75, 3.05) is 0 Å². The minimum absolute atomic E-state index is 0.198. The van der Waals surface area contributed by atoms with Gasteiger partial charge in [-0.25, -0.2) is 9.48 Å². The predicted octanol–water partition coefficient (Wildman–Crippen LogP) is 4.18. The van der Waals surface area contributed by atoms with Gasteiger partial charge in [0.1, 0.15) is 6.04 Å². The van der Waals surface area contributed by atoms with E-state index in [1.54, 1.807) is 48.5 Å². The Morgan fingerprint density at radius 2 is 1.39 bits per heavy atom. The van der Waals surface area contributed by atoms with E-state index < -0.39 is 17.6 Å². The van der Waals surface area contributed by atoms with Crippen LogP contribution in [0.5, 0.6) is 0 Å². The fourth-order valence-electron chi connectivity index (χ4n) is 3.57. The van der Waals surface area contributed by atoms with Crippen molar-refractivity contribution in [3.05, 3.63) is 111 Å². The molecule has 31 heavy (non-hydrogen) atoms. The number of hydrogen-bond donors (Lipinski definition) is 1. The summed E-state index contributed by atoms with van der Waals surface area (Å²) in [5.41, 5.74) is 2.16. The molecule has 0 radical (unpaired) electrons. The minimum Gasteiger partial charge on any atom is -0.476 e. The van der Waals surface area contributed by atoms with Crippen molar-refractivity contribution in [2.24, 2.45) is 0 Å². The van der Waals surface area contributed by atoms with Gasteiger partial charge in [-0.15, -0.1) is 0 Å². The summed E-state index contributed by atoms with van der Waals surface area (Å²) < 4.78 is 0.999. The Balaban J connectivity index is 2.01. The van der Waals surface area contributed by atoms with E-state index in [-0.39, 0.29) is 22.2 Å². The number of nitrogens with zero attached hydrogens (tertiary/aromatic N) is 2. The average Bonchev–Trinajstić information content (AvgIpc) is 2.77. The Hall–Kier alpha value is -4.06. The molecule has 0 unspecified atom stereocenters. The van der Waals surface area contributed by atoms with Gasteiger partial charge in [-0.3, -0.25) is 9.59 Å². The van der Waals surface area contributed by atoms with E-state index in [0.717, 1.165) is 15.8 Å². The summed E-state index contributed by atoms with van der Waals surface area (Å²) in [4.78, 5) is 38.8. The summed E-state index contributed by atoms with van der Waals surface area (Å²) in [5, 5.41) is 14.3. The van der Waals surface area contributed by atoms with Crippen LogP contribution in [0, 0.1) is 13.8 Å². The van der Waals surface area contributed by atoms with E-state index in [4.69, 9.17) is 0 Å². The summed E-state index contributed by atoms with van der Waals surface area (Å²) in [5.74, 6) is -1.61. The number of hydrogen-bond acceptors (Lipinski definition) is 4. The minimum atomic E-state index is -1.27. The predicted molar refractivity (Wildman–Crippen MR) is 118 cm³/mol. The standard InChI is InChI=1S/C25H20N2O4/c1-15-7-11-17(12-8-15)22(23(28)18-13-9-16(2)10-14-18)27-24(29)20-6-4-3-5-19(20)21(26-27)25(30)31/h3-14,22H,1-2H3,(H,30,31)/t22-/m0/s1. The van der Waals surface area contributed by atoms with E-state index in [0.29, 0.717) is 11.1 Å². The van der Waals surface area contributed by atoms with Gasteiger partial charge in [0.25, 0.3) is 5.56 Å². The molecule has 0 spiro atoms. The number of carbonyl (C=O) groups is 2. The SMILES string of the molecule is Cc1ccc(C(=O)[C@H](c2ccc(C)cc2)n2nc(C(=O)O)c3ccccc3c2=O)cc1. The van der Waals surface area contributed by atoms with Gasteiger partial charge in [-0.05, 0) is 25.5 Å². The maximum absolute atomic E-state index is 13.6. The van der Waals surface area contributed by atoms with Gasteiger partial charge in [0, 0.05) is 10.9 Å². The number of benzene rings is 3. The van der Waals surface area contributed by atoms with Crippen LogP contribution in [0.1, 0.15) is 43.6 Å². The van der Waals surface area contributed by atoms with Crippen molar-refractivity contribution in [1.82, 2.24) is 9.78 Å². The number of aryl methyl sites for hydroxylation is 2. The van der Waals surface area contributed by atoms with Crippen molar-refractivity contribution in [2.45, 2.75) is 19.9 Å².